The molecule has 0 unspecified atom stereocenters. The number of hydrogen-bond donors (Lipinski definition) is 16. The quantitative estimate of drug-likeness (QED) is 0.0193. The van der Waals surface area contributed by atoms with E-state index in [1.54, 1.807) is 0 Å². The van der Waals surface area contributed by atoms with Crippen LogP contribution >= 0.6 is 0 Å². The van der Waals surface area contributed by atoms with E-state index in [2.05, 4.69) is 41.5 Å². The number of amides is 9. The van der Waals surface area contributed by atoms with Crippen LogP contribution in [-0.4, -0.2) is 187 Å². The van der Waals surface area contributed by atoms with E-state index in [1.165, 1.54) is 12.5 Å². The maximum absolute atomic E-state index is 14.0. The number of carboxylic acids is 3. The fraction of sp³-hybridized carbons (Fsp3) is 0.568. The van der Waals surface area contributed by atoms with E-state index >= 15 is 0 Å². The number of aliphatic carboxylic acids is 3. The van der Waals surface area contributed by atoms with Gasteiger partial charge in [-0.25, -0.2) is 4.98 Å². The zero-order chi connectivity index (χ0) is 51.1. The van der Waals surface area contributed by atoms with Gasteiger partial charge in [-0.1, -0.05) is 0 Å². The number of aromatic nitrogens is 2. The molecule has 20 N–H and O–H groups in total. The molecule has 0 radical (unpaired) electrons. The number of carbonyl (C=O) groups is 12. The molecule has 31 nitrogen and oxygen atoms in total. The molecule has 1 aliphatic rings. The molecule has 0 bridgehead atoms. The Kier molecular flexibility index (Phi) is 23.3. The third-order valence-electron chi connectivity index (χ3n) is 9.74. The average Bonchev–Trinajstić information content (AvgIpc) is 3.98. The van der Waals surface area contributed by atoms with Gasteiger partial charge in [0.1, 0.15) is 42.8 Å². The van der Waals surface area contributed by atoms with Gasteiger partial charge < -0.3 is 90.5 Å². The van der Waals surface area contributed by atoms with E-state index in [0.29, 0.717) is 5.69 Å². The van der Waals surface area contributed by atoms with Crippen LogP contribution in [0.3, 0.4) is 0 Å². The number of nitrogens with zero attached hydrogens (tertiary/aromatic N) is 3. The molecule has 1 fully saturated rings. The maximum Gasteiger partial charge on any atom is 0.322 e. The minimum absolute atomic E-state index is 0.0211. The van der Waals surface area contributed by atoms with E-state index in [4.69, 9.17) is 28.0 Å². The zero-order valence-electron chi connectivity index (χ0n) is 36.4. The summed E-state index contributed by atoms with van der Waals surface area (Å²) in [6, 6.07) is -11.0. The molecule has 0 spiro atoms. The molecule has 31 heteroatoms. The molecule has 0 aromatic carbocycles. The summed E-state index contributed by atoms with van der Waals surface area (Å²) in [5, 5.41) is 52.6. The Balaban J connectivity index is 2.24. The first-order chi connectivity index (χ1) is 32.0. The lowest BCUT2D eigenvalue weighted by atomic mass is 10.1. The van der Waals surface area contributed by atoms with Crippen molar-refractivity contribution in [2.75, 3.05) is 32.8 Å². The van der Waals surface area contributed by atoms with E-state index in [0.717, 1.165) is 4.90 Å². The fourth-order valence-corrected chi connectivity index (χ4v) is 6.42. The van der Waals surface area contributed by atoms with Gasteiger partial charge in [0.05, 0.1) is 38.4 Å². The summed E-state index contributed by atoms with van der Waals surface area (Å²) in [6.07, 6.45) is -0.246. The largest absolute Gasteiger partial charge is 0.481 e. The molecule has 7 atom stereocenters. The molecule has 2 rings (SSSR count). The number of carbonyl (C=O) groups excluding carboxylic acids is 9. The third-order valence-corrected chi connectivity index (χ3v) is 9.74. The first-order valence-corrected chi connectivity index (χ1v) is 20.7. The highest BCUT2D eigenvalue weighted by Gasteiger charge is 2.40. The van der Waals surface area contributed by atoms with Gasteiger partial charge in [-0.15, -0.1) is 0 Å². The van der Waals surface area contributed by atoms with Crippen LogP contribution in [0.25, 0.3) is 0 Å². The Labute approximate surface area is 385 Å². The van der Waals surface area contributed by atoms with Gasteiger partial charge in [0.2, 0.25) is 53.2 Å². The fourth-order valence-electron chi connectivity index (χ4n) is 6.42. The molecular weight excluding hydrogens is 910 g/mol. The number of aliphatic hydroxyl groups excluding tert-OH is 1. The summed E-state index contributed by atoms with van der Waals surface area (Å²) in [7, 11) is 0. The second kappa shape index (κ2) is 28.2. The van der Waals surface area contributed by atoms with Crippen LogP contribution in [0.15, 0.2) is 17.5 Å². The molecule has 2 heterocycles. The molecule has 1 aromatic heterocycles. The van der Waals surface area contributed by atoms with Crippen molar-refractivity contribution in [2.45, 2.75) is 100 Å². The van der Waals surface area contributed by atoms with E-state index in [1.807, 2.05) is 10.6 Å². The highest BCUT2D eigenvalue weighted by Crippen LogP contribution is 2.20. The van der Waals surface area contributed by atoms with Crippen LogP contribution < -0.4 is 60.2 Å². The molecule has 0 saturated carbocycles. The first-order valence-electron chi connectivity index (χ1n) is 20.7. The number of guanidine groups is 1. The Morgan fingerprint density at radius 3 is 1.90 bits per heavy atom. The predicted octanol–water partition coefficient (Wildman–Crippen LogP) is -8.73. The summed E-state index contributed by atoms with van der Waals surface area (Å²) >= 11 is 0. The highest BCUT2D eigenvalue weighted by atomic mass is 16.4. The van der Waals surface area contributed by atoms with Crippen LogP contribution in [0.1, 0.15) is 57.1 Å². The Bertz CT molecular complexity index is 2030. The van der Waals surface area contributed by atoms with E-state index < -0.39 is 159 Å². The summed E-state index contributed by atoms with van der Waals surface area (Å²) in [6.45, 7) is -2.78. The minimum Gasteiger partial charge on any atom is -0.481 e. The summed E-state index contributed by atoms with van der Waals surface area (Å²) < 4.78 is 0. The van der Waals surface area contributed by atoms with Crippen molar-refractivity contribution in [3.63, 3.8) is 0 Å². The van der Waals surface area contributed by atoms with Gasteiger partial charge >= 0.3 is 17.9 Å². The third kappa shape index (κ3) is 20.1. The monoisotopic (exact) mass is 967 g/mol. The van der Waals surface area contributed by atoms with Crippen molar-refractivity contribution in [2.24, 2.45) is 27.9 Å². The maximum atomic E-state index is 14.0. The molecule has 68 heavy (non-hydrogen) atoms. The highest BCUT2D eigenvalue weighted by molar-refractivity contribution is 5.99. The lowest BCUT2D eigenvalue weighted by Crippen LogP contribution is -2.59. The SMILES string of the molecule is NC(=O)CC[C@H](NC(=O)CNC(=O)[C@H](CC(=O)O)NC(=O)[C@H](CC(=O)O)NC(=O)[C@@H](N)Cc1cnc[nH]1)C(=O)N[C@@H](CCCN=C(N)N)C(=O)N1CCC[C@H]1C(=O)N[C@@H](CO)C(=O)NCC(=O)O. The number of nitrogens with one attached hydrogen (secondary N) is 8. The Morgan fingerprint density at radius 1 is 0.735 bits per heavy atom. The smallest absolute Gasteiger partial charge is 0.322 e. The van der Waals surface area contributed by atoms with Crippen molar-refractivity contribution in [3.8, 4) is 0 Å². The average molecular weight is 968 g/mol. The molecule has 9 amide bonds. The number of rotatable bonds is 30. The molecule has 1 aliphatic heterocycles. The number of aliphatic hydroxyl groups is 1. The van der Waals surface area contributed by atoms with Crippen LogP contribution in [0.5, 0.6) is 0 Å². The molecular formula is C37H57N15O16. The number of nitrogens with two attached hydrogens (primary N) is 4. The van der Waals surface area contributed by atoms with Crippen molar-refractivity contribution >= 4 is 77.0 Å². The van der Waals surface area contributed by atoms with Crippen LogP contribution in [0.2, 0.25) is 0 Å². The van der Waals surface area contributed by atoms with Crippen molar-refractivity contribution in [1.29, 1.82) is 0 Å². The number of hydrogen-bond acceptors (Lipinski definition) is 16. The second-order valence-corrected chi connectivity index (χ2v) is 15.1. The van der Waals surface area contributed by atoms with Gasteiger partial charge in [0.25, 0.3) is 0 Å². The second-order valence-electron chi connectivity index (χ2n) is 15.1. The lowest BCUT2D eigenvalue weighted by Gasteiger charge is -2.30. The summed E-state index contributed by atoms with van der Waals surface area (Å²) in [5.74, 6) is -14.3. The number of likely N-dealkylation sites (tertiary alicyclic amines) is 1. The number of carboxylic acid groups (broad SMARTS) is 3. The normalized spacial score (nSPS) is 15.6. The van der Waals surface area contributed by atoms with E-state index in [9.17, 15) is 72.9 Å². The van der Waals surface area contributed by atoms with Crippen molar-refractivity contribution < 1.29 is 78.0 Å². The lowest BCUT2D eigenvalue weighted by molar-refractivity contribution is -0.143. The van der Waals surface area contributed by atoms with Crippen LogP contribution in [-0.2, 0) is 64.0 Å². The summed E-state index contributed by atoms with van der Waals surface area (Å²) in [4.78, 5) is 163. The number of primary amides is 1. The topological polar surface area (TPSA) is 518 Å². The first kappa shape index (κ1) is 56.2. The van der Waals surface area contributed by atoms with Crippen LogP contribution in [0.4, 0.5) is 0 Å². The predicted molar refractivity (Wildman–Crippen MR) is 228 cm³/mol. The molecule has 0 aliphatic carbocycles. The molecule has 1 saturated heterocycles. The number of aliphatic imine (C=N–C) groups is 1. The summed E-state index contributed by atoms with van der Waals surface area (Å²) in [5.41, 5.74) is 22.4. The molecule has 1 aromatic rings. The number of aromatic amines is 1. The zero-order valence-corrected chi connectivity index (χ0v) is 36.4. The van der Waals surface area contributed by atoms with Gasteiger partial charge in [-0.3, -0.25) is 62.5 Å². The Hall–Kier alpha value is -7.96. The Morgan fingerprint density at radius 2 is 1.32 bits per heavy atom. The van der Waals surface area contributed by atoms with E-state index in [-0.39, 0.29) is 51.2 Å². The standard InChI is InChI=1S/C37H57N15O16/c38-18(9-17-12-42-16-46-17)30(62)49-22(11-28(58)59)34(66)50-21(10-27(56)57)31(63)44-13-26(55)47-19(5-6-25(39)54)33(65)48-20(3-1-7-43-37(40)41)36(68)52-8-2-4-24(52)35(67)51-23(15-53)32(64)45-14-29(60)61/h12,16,18-24,53H,1-11,13-15,38H2,(H2,39,54)(H,42,46)(H,44,63)(H,45,64)(H,47,55)(H,48,65)(H,49,62)(H,50,66)(H,51,67)(H,56,57)(H,58,59)(H,60,61)(H4,40,41,43)/t18-,19-,20-,21-,22-,23-,24-/m0/s1. The minimum atomic E-state index is -1.96. The number of H-pyrrole nitrogens is 1. The molecule has 376 valence electrons. The van der Waals surface area contributed by atoms with Crippen LogP contribution in [0, 0.1) is 0 Å². The van der Waals surface area contributed by atoms with Gasteiger partial charge in [-0.2, -0.15) is 0 Å². The van der Waals surface area contributed by atoms with Gasteiger partial charge in [-0.05, 0) is 32.1 Å². The van der Waals surface area contributed by atoms with Crippen molar-refractivity contribution in [1.82, 2.24) is 52.1 Å². The van der Waals surface area contributed by atoms with Gasteiger partial charge in [0.15, 0.2) is 5.96 Å². The van der Waals surface area contributed by atoms with Gasteiger partial charge in [0, 0.05) is 37.8 Å². The van der Waals surface area contributed by atoms with Crippen molar-refractivity contribution in [3.05, 3.63) is 18.2 Å². The number of imidazole rings is 1.